The topological polar surface area (TPSA) is 96.7 Å². The molecule has 1 aliphatic heterocycles. The Balaban J connectivity index is 1.86. The van der Waals surface area contributed by atoms with Gasteiger partial charge in [-0.05, 0) is 33.6 Å². The zero-order chi connectivity index (χ0) is 18.2. The number of hydrogen-bond acceptors (Lipinski definition) is 7. The fourth-order valence-corrected chi connectivity index (χ4v) is 2.78. The number of aliphatic imine (C=N–C) groups is 1. The van der Waals surface area contributed by atoms with E-state index in [9.17, 15) is 0 Å². The van der Waals surface area contributed by atoms with Gasteiger partial charge in [0.1, 0.15) is 12.1 Å². The van der Waals surface area contributed by atoms with Gasteiger partial charge in [0.15, 0.2) is 0 Å². The summed E-state index contributed by atoms with van der Waals surface area (Å²) in [5, 5.41) is 0. The van der Waals surface area contributed by atoms with Crippen LogP contribution >= 0.6 is 0 Å². The molecule has 1 saturated heterocycles. The van der Waals surface area contributed by atoms with Crippen molar-refractivity contribution in [2.75, 3.05) is 37.6 Å². The van der Waals surface area contributed by atoms with Crippen LogP contribution in [0.2, 0.25) is 0 Å². The quantitative estimate of drug-likeness (QED) is 0.720. The summed E-state index contributed by atoms with van der Waals surface area (Å²) in [5.41, 5.74) is 14.3. The Morgan fingerprint density at radius 1 is 1.28 bits per heavy atom. The van der Waals surface area contributed by atoms with Gasteiger partial charge >= 0.3 is 0 Å². The molecular formula is C18H31N7. The Morgan fingerprint density at radius 2 is 2.00 bits per heavy atom. The molecule has 0 bridgehead atoms. The molecule has 2 rings (SSSR count). The van der Waals surface area contributed by atoms with Crippen LogP contribution in [0.3, 0.4) is 0 Å². The second-order valence-electron chi connectivity index (χ2n) is 6.88. The molecule has 1 aliphatic rings. The fourth-order valence-electron chi connectivity index (χ4n) is 2.78. The molecule has 7 heteroatoms. The van der Waals surface area contributed by atoms with Crippen molar-refractivity contribution in [3.05, 3.63) is 30.0 Å². The third-order valence-electron chi connectivity index (χ3n) is 4.20. The lowest BCUT2D eigenvalue weighted by molar-refractivity contribution is 0.290. The fraction of sp³-hybridized carbons (Fsp3) is 0.611. The average Bonchev–Trinajstić information content (AvgIpc) is 2.59. The first-order valence-corrected chi connectivity index (χ1v) is 8.93. The van der Waals surface area contributed by atoms with Crippen molar-refractivity contribution in [3.8, 4) is 0 Å². The minimum atomic E-state index is 0.199. The maximum atomic E-state index is 5.83. The first-order valence-electron chi connectivity index (χ1n) is 8.93. The van der Waals surface area contributed by atoms with Gasteiger partial charge in [0, 0.05) is 68.1 Å². The molecule has 7 nitrogen and oxygen atoms in total. The summed E-state index contributed by atoms with van der Waals surface area (Å²) >= 11 is 0. The highest BCUT2D eigenvalue weighted by Crippen LogP contribution is 2.15. The van der Waals surface area contributed by atoms with Gasteiger partial charge in [0.25, 0.3) is 0 Å². The molecule has 1 atom stereocenters. The van der Waals surface area contributed by atoms with Gasteiger partial charge in [-0.3, -0.25) is 9.89 Å². The van der Waals surface area contributed by atoms with Crippen molar-refractivity contribution in [1.82, 2.24) is 14.9 Å². The molecule has 0 aliphatic carbocycles. The van der Waals surface area contributed by atoms with Gasteiger partial charge in [0.05, 0.1) is 0 Å². The summed E-state index contributed by atoms with van der Waals surface area (Å²) in [5.74, 6) is 1.02. The van der Waals surface area contributed by atoms with E-state index in [0.29, 0.717) is 0 Å². The molecule has 1 unspecified atom stereocenters. The highest BCUT2D eigenvalue weighted by atomic mass is 15.3. The summed E-state index contributed by atoms with van der Waals surface area (Å²) in [6.07, 6.45) is 5.23. The van der Waals surface area contributed by atoms with E-state index in [2.05, 4.69) is 30.8 Å². The Bertz CT molecular complexity index is 597. The molecule has 0 aromatic carbocycles. The van der Waals surface area contributed by atoms with Crippen LogP contribution in [0, 0.1) is 0 Å². The highest BCUT2D eigenvalue weighted by molar-refractivity contribution is 5.84. The number of nitrogens with two attached hydrogens (primary N) is 2. The normalized spacial score (nSPS) is 18.5. The predicted molar refractivity (Wildman–Crippen MR) is 104 cm³/mol. The molecule has 1 aromatic heterocycles. The predicted octanol–water partition coefficient (Wildman–Crippen LogP) is 1.16. The third-order valence-corrected chi connectivity index (χ3v) is 4.20. The molecule has 0 amide bonds. The lowest BCUT2D eigenvalue weighted by Crippen LogP contribution is -2.48. The average molecular weight is 345 g/mol. The second kappa shape index (κ2) is 9.48. The number of aromatic nitrogens is 2. The molecular weight excluding hydrogens is 314 g/mol. The van der Waals surface area contributed by atoms with E-state index in [0.717, 1.165) is 68.5 Å². The Kier molecular flexibility index (Phi) is 7.33. The van der Waals surface area contributed by atoms with Gasteiger partial charge in [-0.2, -0.15) is 0 Å². The first-order chi connectivity index (χ1) is 11.9. The minimum absolute atomic E-state index is 0.199. The van der Waals surface area contributed by atoms with Crippen LogP contribution < -0.4 is 16.4 Å². The van der Waals surface area contributed by atoms with Gasteiger partial charge in [0.2, 0.25) is 0 Å². The van der Waals surface area contributed by atoms with Crippen LogP contribution in [0.5, 0.6) is 0 Å². The maximum absolute atomic E-state index is 5.83. The van der Waals surface area contributed by atoms with Crippen LogP contribution in [0.1, 0.15) is 32.9 Å². The Morgan fingerprint density at radius 3 is 2.64 bits per heavy atom. The van der Waals surface area contributed by atoms with E-state index in [-0.39, 0.29) is 6.04 Å². The van der Waals surface area contributed by atoms with Crippen LogP contribution in [0.25, 0.3) is 0 Å². The summed E-state index contributed by atoms with van der Waals surface area (Å²) in [7, 11) is 0. The Hall–Kier alpha value is -1.99. The summed E-state index contributed by atoms with van der Waals surface area (Å²) in [6, 6.07) is 2.30. The molecule has 1 fully saturated rings. The van der Waals surface area contributed by atoms with E-state index in [1.54, 1.807) is 12.5 Å². The largest absolute Gasteiger partial charge is 0.401 e. The molecule has 0 saturated carbocycles. The second-order valence-corrected chi connectivity index (χ2v) is 6.88. The molecule has 138 valence electrons. The van der Waals surface area contributed by atoms with E-state index in [1.165, 1.54) is 0 Å². The monoisotopic (exact) mass is 345 g/mol. The lowest BCUT2D eigenvalue weighted by Gasteiger charge is -2.35. The third kappa shape index (κ3) is 6.80. The van der Waals surface area contributed by atoms with Crippen LogP contribution in [-0.4, -0.2) is 59.3 Å². The van der Waals surface area contributed by atoms with Crippen molar-refractivity contribution >= 4 is 11.5 Å². The maximum Gasteiger partial charge on any atom is 0.132 e. The summed E-state index contributed by atoms with van der Waals surface area (Å²) in [4.78, 5) is 17.9. The van der Waals surface area contributed by atoms with Crippen molar-refractivity contribution in [3.63, 3.8) is 0 Å². The molecule has 2 heterocycles. The van der Waals surface area contributed by atoms with Crippen molar-refractivity contribution < 1.29 is 0 Å². The van der Waals surface area contributed by atoms with Gasteiger partial charge in [-0.15, -0.1) is 0 Å². The number of nitrogens with zero attached hydrogens (tertiary/aromatic N) is 5. The summed E-state index contributed by atoms with van der Waals surface area (Å²) in [6.45, 7) is 10.7. The van der Waals surface area contributed by atoms with Crippen LogP contribution in [-0.2, 0) is 6.42 Å². The van der Waals surface area contributed by atoms with Gasteiger partial charge in [-0.1, -0.05) is 0 Å². The smallest absolute Gasteiger partial charge is 0.132 e. The molecule has 1 aromatic rings. The van der Waals surface area contributed by atoms with Crippen LogP contribution in [0.15, 0.2) is 29.3 Å². The standard InChI is InChI=1S/C18H31N7/c1-14(19)4-5-17-10-18(23-13-22-17)25-8-6-24(7-9-25)12-16(3)21-11-15(2)20/h10-11,13-14H,4-9,12,19-20H2,1-3H3/b15-11-,21-16-. The molecule has 25 heavy (non-hydrogen) atoms. The Labute approximate surface area is 150 Å². The number of rotatable bonds is 7. The molecule has 0 radical (unpaired) electrons. The minimum Gasteiger partial charge on any atom is -0.401 e. The number of aryl methyl sites for hydroxylation is 1. The van der Waals surface area contributed by atoms with Crippen molar-refractivity contribution in [2.45, 2.75) is 39.7 Å². The van der Waals surface area contributed by atoms with Crippen molar-refractivity contribution in [2.24, 2.45) is 16.5 Å². The SMILES string of the molecule is C/C(N)=C/N=C(/C)CN1CCN(c2cc(CCC(C)N)ncn2)CC1. The summed E-state index contributed by atoms with van der Waals surface area (Å²) < 4.78 is 0. The van der Waals surface area contributed by atoms with E-state index in [1.807, 2.05) is 20.8 Å². The zero-order valence-electron chi connectivity index (χ0n) is 15.6. The first kappa shape index (κ1) is 19.3. The molecule has 4 N–H and O–H groups in total. The number of anilines is 1. The van der Waals surface area contributed by atoms with Crippen LogP contribution in [0.4, 0.5) is 5.82 Å². The van der Waals surface area contributed by atoms with E-state index >= 15 is 0 Å². The van der Waals surface area contributed by atoms with Crippen molar-refractivity contribution in [1.29, 1.82) is 0 Å². The van der Waals surface area contributed by atoms with E-state index < -0.39 is 0 Å². The van der Waals surface area contributed by atoms with Gasteiger partial charge in [-0.25, -0.2) is 9.97 Å². The number of hydrogen-bond donors (Lipinski definition) is 2. The lowest BCUT2D eigenvalue weighted by atomic mass is 10.1. The van der Waals surface area contributed by atoms with Gasteiger partial charge < -0.3 is 16.4 Å². The highest BCUT2D eigenvalue weighted by Gasteiger charge is 2.18. The van der Waals surface area contributed by atoms with E-state index in [4.69, 9.17) is 11.5 Å². The number of piperazine rings is 1. The number of allylic oxidation sites excluding steroid dienone is 1. The zero-order valence-corrected chi connectivity index (χ0v) is 15.6. The molecule has 0 spiro atoms.